The Balaban J connectivity index is 2.73. The maximum Gasteiger partial charge on any atom is 0.123 e. The molecule has 1 aromatic carbocycles. The third kappa shape index (κ3) is 5.25. The zero-order valence-corrected chi connectivity index (χ0v) is 13.7. The highest BCUT2D eigenvalue weighted by atomic mass is 19.1. The molecule has 0 amide bonds. The van der Waals surface area contributed by atoms with E-state index in [9.17, 15) is 4.39 Å². The van der Waals surface area contributed by atoms with E-state index in [0.717, 1.165) is 18.5 Å². The molecule has 1 aromatic rings. The molecule has 2 atom stereocenters. The van der Waals surface area contributed by atoms with Crippen LogP contribution in [0.1, 0.15) is 46.1 Å². The summed E-state index contributed by atoms with van der Waals surface area (Å²) in [6, 6.07) is 6.87. The van der Waals surface area contributed by atoms with E-state index in [1.165, 1.54) is 12.1 Å². The Hall–Kier alpha value is -1.19. The van der Waals surface area contributed by atoms with Gasteiger partial charge in [0.15, 0.2) is 0 Å². The highest BCUT2D eigenvalue weighted by Crippen LogP contribution is 2.27. The number of benzene rings is 1. The summed E-state index contributed by atoms with van der Waals surface area (Å²) in [5.41, 5.74) is 7.21. The molecule has 0 unspecified atom stereocenters. The first-order valence-electron chi connectivity index (χ1n) is 7.58. The fraction of sp³-hybridized carbons (Fsp3) is 0.556. The molecule has 118 valence electrons. The van der Waals surface area contributed by atoms with Crippen molar-refractivity contribution >= 4 is 0 Å². The molecule has 0 spiro atoms. The van der Waals surface area contributed by atoms with Crippen molar-refractivity contribution in [2.45, 2.75) is 52.1 Å². The molecule has 1 rings (SSSR count). The molecule has 3 heteroatoms. The summed E-state index contributed by atoms with van der Waals surface area (Å²) in [5, 5.41) is 3.53. The number of hydrogen-bond donors (Lipinski definition) is 2. The van der Waals surface area contributed by atoms with Crippen molar-refractivity contribution < 1.29 is 4.39 Å². The van der Waals surface area contributed by atoms with Crippen molar-refractivity contribution in [2.24, 2.45) is 11.1 Å². The average molecular weight is 292 g/mol. The Labute approximate surface area is 128 Å². The van der Waals surface area contributed by atoms with Gasteiger partial charge in [-0.3, -0.25) is 0 Å². The highest BCUT2D eigenvalue weighted by molar-refractivity contribution is 5.25. The summed E-state index contributed by atoms with van der Waals surface area (Å²) >= 11 is 0. The lowest BCUT2D eigenvalue weighted by molar-refractivity contribution is 0.274. The van der Waals surface area contributed by atoms with Crippen LogP contribution in [0.3, 0.4) is 0 Å². The van der Waals surface area contributed by atoms with E-state index in [1.54, 1.807) is 12.1 Å². The standard InChI is InChI=1S/C18H29FN2/c1-6-11-18(20,15-7-9-16(19)10-8-15)12-13-21-14(2)17(3,4)5/h6-10,14,21H,1,11-13,20H2,2-5H3/t14-,18+/m0/s1. The van der Waals surface area contributed by atoms with Crippen LogP contribution in [0.5, 0.6) is 0 Å². The lowest BCUT2D eigenvalue weighted by Gasteiger charge is -2.32. The van der Waals surface area contributed by atoms with E-state index in [0.29, 0.717) is 12.5 Å². The van der Waals surface area contributed by atoms with Crippen molar-refractivity contribution in [3.63, 3.8) is 0 Å². The molecule has 0 fully saturated rings. The van der Waals surface area contributed by atoms with Crippen LogP contribution >= 0.6 is 0 Å². The number of nitrogens with two attached hydrogens (primary N) is 1. The molecule has 0 aliphatic heterocycles. The van der Waals surface area contributed by atoms with Gasteiger partial charge in [-0.2, -0.15) is 0 Å². The summed E-state index contributed by atoms with van der Waals surface area (Å²) < 4.78 is 13.1. The topological polar surface area (TPSA) is 38.0 Å². The normalized spacial score (nSPS) is 16.3. The SMILES string of the molecule is C=CC[C@@](N)(CCN[C@@H](C)C(C)(C)C)c1ccc(F)cc1. The number of nitrogens with one attached hydrogen (secondary N) is 1. The first-order valence-corrected chi connectivity index (χ1v) is 7.58. The van der Waals surface area contributed by atoms with Crippen LogP contribution in [0.4, 0.5) is 4.39 Å². The van der Waals surface area contributed by atoms with Gasteiger partial charge in [-0.15, -0.1) is 6.58 Å². The minimum Gasteiger partial charge on any atom is -0.321 e. The first kappa shape index (κ1) is 17.9. The average Bonchev–Trinajstić information content (AvgIpc) is 2.38. The van der Waals surface area contributed by atoms with Gasteiger partial charge in [0.2, 0.25) is 0 Å². The van der Waals surface area contributed by atoms with Crippen molar-refractivity contribution in [3.05, 3.63) is 48.3 Å². The van der Waals surface area contributed by atoms with Crippen LogP contribution in [-0.2, 0) is 5.54 Å². The van der Waals surface area contributed by atoms with Crippen LogP contribution in [0.15, 0.2) is 36.9 Å². The third-order valence-corrected chi connectivity index (χ3v) is 4.25. The monoisotopic (exact) mass is 292 g/mol. The van der Waals surface area contributed by atoms with Gasteiger partial charge in [0.25, 0.3) is 0 Å². The second kappa shape index (κ2) is 7.19. The summed E-state index contributed by atoms with van der Waals surface area (Å²) in [6.07, 6.45) is 3.28. The Morgan fingerprint density at radius 1 is 1.29 bits per heavy atom. The molecule has 0 aromatic heterocycles. The summed E-state index contributed by atoms with van der Waals surface area (Å²) in [6.45, 7) is 13.4. The van der Waals surface area contributed by atoms with E-state index >= 15 is 0 Å². The number of halogens is 1. The molecule has 0 saturated carbocycles. The highest BCUT2D eigenvalue weighted by Gasteiger charge is 2.27. The zero-order chi connectivity index (χ0) is 16.1. The molecule has 0 aliphatic rings. The molecule has 0 heterocycles. The maximum absolute atomic E-state index is 13.1. The van der Waals surface area contributed by atoms with E-state index in [2.05, 4.69) is 39.6 Å². The predicted molar refractivity (Wildman–Crippen MR) is 88.6 cm³/mol. The van der Waals surface area contributed by atoms with E-state index in [-0.39, 0.29) is 11.2 Å². The molecule has 3 N–H and O–H groups in total. The number of rotatable bonds is 7. The largest absolute Gasteiger partial charge is 0.321 e. The molecule has 0 bridgehead atoms. The van der Waals surface area contributed by atoms with E-state index in [4.69, 9.17) is 5.73 Å². The van der Waals surface area contributed by atoms with Crippen LogP contribution in [0.2, 0.25) is 0 Å². The van der Waals surface area contributed by atoms with Gasteiger partial charge in [0.05, 0.1) is 0 Å². The van der Waals surface area contributed by atoms with Gasteiger partial charge in [0, 0.05) is 11.6 Å². The van der Waals surface area contributed by atoms with Gasteiger partial charge in [-0.1, -0.05) is 39.0 Å². The van der Waals surface area contributed by atoms with Gasteiger partial charge in [-0.05, 0) is 49.4 Å². The molecular formula is C18H29FN2. The Morgan fingerprint density at radius 3 is 2.33 bits per heavy atom. The third-order valence-electron chi connectivity index (χ3n) is 4.25. The van der Waals surface area contributed by atoms with Crippen molar-refractivity contribution in [1.82, 2.24) is 5.32 Å². The van der Waals surface area contributed by atoms with Crippen molar-refractivity contribution in [3.8, 4) is 0 Å². The fourth-order valence-electron chi connectivity index (χ4n) is 2.22. The Kier molecular flexibility index (Phi) is 6.11. The van der Waals surface area contributed by atoms with Gasteiger partial charge >= 0.3 is 0 Å². The predicted octanol–water partition coefficient (Wildman–Crippen LogP) is 3.97. The smallest absolute Gasteiger partial charge is 0.123 e. The van der Waals surface area contributed by atoms with Crippen LogP contribution in [0, 0.1) is 11.2 Å². The second-order valence-corrected chi connectivity index (χ2v) is 6.95. The molecule has 0 aliphatic carbocycles. The second-order valence-electron chi connectivity index (χ2n) is 6.95. The molecule has 21 heavy (non-hydrogen) atoms. The fourth-order valence-corrected chi connectivity index (χ4v) is 2.22. The van der Waals surface area contributed by atoms with Crippen LogP contribution in [0.25, 0.3) is 0 Å². The molecular weight excluding hydrogens is 263 g/mol. The quantitative estimate of drug-likeness (QED) is 0.746. The van der Waals surface area contributed by atoms with Crippen LogP contribution < -0.4 is 11.1 Å². The lowest BCUT2D eigenvalue weighted by atomic mass is 9.83. The van der Waals surface area contributed by atoms with Gasteiger partial charge in [-0.25, -0.2) is 4.39 Å². The summed E-state index contributed by atoms with van der Waals surface area (Å²) in [4.78, 5) is 0. The molecule has 0 saturated heterocycles. The minimum atomic E-state index is -0.500. The summed E-state index contributed by atoms with van der Waals surface area (Å²) in [5.74, 6) is -0.237. The Bertz CT molecular complexity index is 447. The minimum absolute atomic E-state index is 0.214. The zero-order valence-electron chi connectivity index (χ0n) is 13.7. The lowest BCUT2D eigenvalue weighted by Crippen LogP contribution is -2.43. The van der Waals surface area contributed by atoms with E-state index < -0.39 is 5.54 Å². The van der Waals surface area contributed by atoms with E-state index in [1.807, 2.05) is 6.08 Å². The van der Waals surface area contributed by atoms with Crippen molar-refractivity contribution in [1.29, 1.82) is 0 Å². The number of hydrogen-bond acceptors (Lipinski definition) is 2. The van der Waals surface area contributed by atoms with Crippen LogP contribution in [-0.4, -0.2) is 12.6 Å². The first-order chi connectivity index (χ1) is 9.69. The maximum atomic E-state index is 13.1. The molecule has 0 radical (unpaired) electrons. The summed E-state index contributed by atoms with van der Waals surface area (Å²) in [7, 11) is 0. The Morgan fingerprint density at radius 2 is 1.86 bits per heavy atom. The van der Waals surface area contributed by atoms with Crippen molar-refractivity contribution in [2.75, 3.05) is 6.54 Å². The van der Waals surface area contributed by atoms with Gasteiger partial charge < -0.3 is 11.1 Å². The molecule has 2 nitrogen and oxygen atoms in total. The van der Waals surface area contributed by atoms with Gasteiger partial charge in [0.1, 0.15) is 5.82 Å².